The van der Waals surface area contributed by atoms with Gasteiger partial charge in [-0.1, -0.05) is 35.9 Å². The lowest BCUT2D eigenvalue weighted by Gasteiger charge is -2.25. The van der Waals surface area contributed by atoms with Crippen LogP contribution in [0.2, 0.25) is 0 Å². The summed E-state index contributed by atoms with van der Waals surface area (Å²) in [6, 6.07) is 12.8. The van der Waals surface area contributed by atoms with Crippen LogP contribution in [0.4, 0.5) is 0 Å². The maximum absolute atomic E-state index is 12.2. The number of pyridine rings is 1. The number of nitrogens with one attached hydrogen (secondary N) is 1. The summed E-state index contributed by atoms with van der Waals surface area (Å²) in [4.78, 5) is 18.4. The molecule has 1 fully saturated rings. The number of hydrogen-bond acceptors (Lipinski definition) is 3. The molecule has 2 aromatic rings. The van der Waals surface area contributed by atoms with Gasteiger partial charge in [0.1, 0.15) is 0 Å². The van der Waals surface area contributed by atoms with Crippen LogP contribution in [0.3, 0.4) is 0 Å². The van der Waals surface area contributed by atoms with E-state index in [2.05, 4.69) is 52.5 Å². The molecule has 0 unspecified atom stereocenters. The third-order valence-electron chi connectivity index (χ3n) is 4.63. The van der Waals surface area contributed by atoms with Crippen LogP contribution in [0.15, 0.2) is 48.8 Å². The van der Waals surface area contributed by atoms with Crippen molar-refractivity contribution < 1.29 is 4.79 Å². The summed E-state index contributed by atoms with van der Waals surface area (Å²) < 4.78 is 0. The minimum absolute atomic E-state index is 0.285. The number of carbonyl (C=O) groups excluding carboxylic acids is 1. The number of likely N-dealkylation sites (tertiary alicyclic amines) is 1. The average Bonchev–Trinajstić information content (AvgIpc) is 2.95. The average molecular weight is 323 g/mol. The third-order valence-corrected chi connectivity index (χ3v) is 4.63. The fourth-order valence-electron chi connectivity index (χ4n) is 3.20. The largest absolute Gasteiger partial charge is 0.335 e. The zero-order chi connectivity index (χ0) is 16.8. The van der Waals surface area contributed by atoms with Crippen molar-refractivity contribution in [3.63, 3.8) is 0 Å². The minimum Gasteiger partial charge on any atom is -0.335 e. The molecule has 4 heteroatoms. The molecule has 0 bridgehead atoms. The van der Waals surface area contributed by atoms with E-state index in [1.807, 2.05) is 12.3 Å². The molecular formula is C20H25N3O. The number of rotatable bonds is 7. The van der Waals surface area contributed by atoms with Crippen molar-refractivity contribution in [2.24, 2.45) is 0 Å². The second kappa shape index (κ2) is 8.06. The Morgan fingerprint density at radius 2 is 2.04 bits per heavy atom. The highest BCUT2D eigenvalue weighted by atomic mass is 16.2. The summed E-state index contributed by atoms with van der Waals surface area (Å²) in [6.45, 7) is 4.55. The molecule has 0 saturated carbocycles. The van der Waals surface area contributed by atoms with Gasteiger partial charge in [0, 0.05) is 37.9 Å². The van der Waals surface area contributed by atoms with Gasteiger partial charge in [-0.3, -0.25) is 9.78 Å². The van der Waals surface area contributed by atoms with Gasteiger partial charge in [0.05, 0.1) is 0 Å². The van der Waals surface area contributed by atoms with E-state index in [4.69, 9.17) is 0 Å². The van der Waals surface area contributed by atoms with Crippen LogP contribution < -0.4 is 5.32 Å². The SMILES string of the molecule is Cc1ccc(CN2C(=O)CC[C@@H]2CCNCc2cccnc2)cc1. The van der Waals surface area contributed by atoms with Crippen molar-refractivity contribution in [3.8, 4) is 0 Å². The smallest absolute Gasteiger partial charge is 0.223 e. The lowest BCUT2D eigenvalue weighted by molar-refractivity contribution is -0.129. The summed E-state index contributed by atoms with van der Waals surface area (Å²) in [7, 11) is 0. The van der Waals surface area contributed by atoms with Crippen molar-refractivity contribution in [2.45, 2.75) is 45.3 Å². The van der Waals surface area contributed by atoms with E-state index in [0.29, 0.717) is 12.5 Å². The van der Waals surface area contributed by atoms with E-state index < -0.39 is 0 Å². The second-order valence-corrected chi connectivity index (χ2v) is 6.53. The van der Waals surface area contributed by atoms with Gasteiger partial charge in [-0.2, -0.15) is 0 Å². The highest BCUT2D eigenvalue weighted by molar-refractivity contribution is 5.78. The van der Waals surface area contributed by atoms with Crippen molar-refractivity contribution in [1.82, 2.24) is 15.2 Å². The van der Waals surface area contributed by atoms with Gasteiger partial charge in [-0.15, -0.1) is 0 Å². The maximum Gasteiger partial charge on any atom is 0.223 e. The van der Waals surface area contributed by atoms with E-state index in [0.717, 1.165) is 32.5 Å². The lowest BCUT2D eigenvalue weighted by atomic mass is 10.1. The predicted molar refractivity (Wildman–Crippen MR) is 95.3 cm³/mol. The number of aryl methyl sites for hydroxylation is 1. The minimum atomic E-state index is 0.285. The lowest BCUT2D eigenvalue weighted by Crippen LogP contribution is -2.34. The first kappa shape index (κ1) is 16.7. The Kier molecular flexibility index (Phi) is 5.59. The van der Waals surface area contributed by atoms with Gasteiger partial charge in [-0.25, -0.2) is 0 Å². The molecule has 1 aliphatic heterocycles. The normalized spacial score (nSPS) is 17.5. The molecule has 0 radical (unpaired) electrons. The highest BCUT2D eigenvalue weighted by Gasteiger charge is 2.30. The number of amides is 1. The number of carbonyl (C=O) groups is 1. The molecule has 1 saturated heterocycles. The summed E-state index contributed by atoms with van der Waals surface area (Å²) in [5, 5.41) is 3.46. The topological polar surface area (TPSA) is 45.2 Å². The van der Waals surface area contributed by atoms with Crippen molar-refractivity contribution in [1.29, 1.82) is 0 Å². The Morgan fingerprint density at radius 3 is 2.79 bits per heavy atom. The molecule has 0 spiro atoms. The van der Waals surface area contributed by atoms with Gasteiger partial charge in [0.2, 0.25) is 5.91 Å². The van der Waals surface area contributed by atoms with E-state index in [9.17, 15) is 4.79 Å². The summed E-state index contributed by atoms with van der Waals surface area (Å²) in [6.07, 6.45) is 6.32. The Labute approximate surface area is 143 Å². The van der Waals surface area contributed by atoms with Crippen molar-refractivity contribution in [2.75, 3.05) is 6.54 Å². The maximum atomic E-state index is 12.2. The van der Waals surface area contributed by atoms with Crippen LogP contribution in [0.25, 0.3) is 0 Å². The molecule has 0 aliphatic carbocycles. The molecular weight excluding hydrogens is 298 g/mol. The third kappa shape index (κ3) is 4.42. The molecule has 126 valence electrons. The Bertz CT molecular complexity index is 654. The highest BCUT2D eigenvalue weighted by Crippen LogP contribution is 2.23. The van der Waals surface area contributed by atoms with Crippen molar-refractivity contribution >= 4 is 5.91 Å². The quantitative estimate of drug-likeness (QED) is 0.797. The number of hydrogen-bond donors (Lipinski definition) is 1. The van der Waals surface area contributed by atoms with Crippen LogP contribution >= 0.6 is 0 Å². The van der Waals surface area contributed by atoms with Crippen LogP contribution in [0.5, 0.6) is 0 Å². The van der Waals surface area contributed by atoms with Crippen molar-refractivity contribution in [3.05, 3.63) is 65.5 Å². The standard InChI is InChI=1S/C20H25N3O/c1-16-4-6-17(7-5-16)15-23-19(8-9-20(23)24)10-12-22-14-18-3-2-11-21-13-18/h2-7,11,13,19,22H,8-10,12,14-15H2,1H3/t19-/m1/s1. The predicted octanol–water partition coefficient (Wildman–Crippen LogP) is 3.06. The molecule has 1 amide bonds. The number of aromatic nitrogens is 1. The molecule has 1 aromatic heterocycles. The Morgan fingerprint density at radius 1 is 1.21 bits per heavy atom. The summed E-state index contributed by atoms with van der Waals surface area (Å²) in [5.74, 6) is 0.285. The molecule has 2 heterocycles. The molecule has 1 aromatic carbocycles. The second-order valence-electron chi connectivity index (χ2n) is 6.53. The zero-order valence-electron chi connectivity index (χ0n) is 14.2. The zero-order valence-corrected chi connectivity index (χ0v) is 14.2. The van der Waals surface area contributed by atoms with E-state index in [-0.39, 0.29) is 5.91 Å². The molecule has 1 aliphatic rings. The number of benzene rings is 1. The molecule has 24 heavy (non-hydrogen) atoms. The Hall–Kier alpha value is -2.20. The fourth-order valence-corrected chi connectivity index (χ4v) is 3.20. The molecule has 1 atom stereocenters. The van der Waals surface area contributed by atoms with E-state index >= 15 is 0 Å². The Balaban J connectivity index is 1.48. The van der Waals surface area contributed by atoms with E-state index in [1.54, 1.807) is 6.20 Å². The van der Waals surface area contributed by atoms with Crippen LogP contribution in [-0.4, -0.2) is 28.4 Å². The molecule has 3 rings (SSSR count). The van der Waals surface area contributed by atoms with E-state index in [1.165, 1.54) is 16.7 Å². The molecule has 1 N–H and O–H groups in total. The first-order valence-electron chi connectivity index (χ1n) is 8.67. The van der Waals surface area contributed by atoms with Gasteiger partial charge < -0.3 is 10.2 Å². The first-order valence-corrected chi connectivity index (χ1v) is 8.67. The van der Waals surface area contributed by atoms with Gasteiger partial charge >= 0.3 is 0 Å². The number of nitrogens with zero attached hydrogens (tertiary/aromatic N) is 2. The molecule has 4 nitrogen and oxygen atoms in total. The van der Waals surface area contributed by atoms with Gasteiger partial charge in [0.25, 0.3) is 0 Å². The van der Waals surface area contributed by atoms with Crippen LogP contribution in [0.1, 0.15) is 36.0 Å². The summed E-state index contributed by atoms with van der Waals surface area (Å²) >= 11 is 0. The summed E-state index contributed by atoms with van der Waals surface area (Å²) in [5.41, 5.74) is 3.66. The van der Waals surface area contributed by atoms with Gasteiger partial charge in [0.15, 0.2) is 0 Å². The first-order chi connectivity index (χ1) is 11.7. The van der Waals surface area contributed by atoms with Crippen LogP contribution in [0, 0.1) is 6.92 Å². The monoisotopic (exact) mass is 323 g/mol. The fraction of sp³-hybridized carbons (Fsp3) is 0.400. The van der Waals surface area contributed by atoms with Crippen LogP contribution in [-0.2, 0) is 17.9 Å². The van der Waals surface area contributed by atoms with Gasteiger partial charge in [-0.05, 0) is 43.5 Å².